The summed E-state index contributed by atoms with van der Waals surface area (Å²) in [6.07, 6.45) is 4.01. The molecule has 0 radical (unpaired) electrons. The molecule has 0 atom stereocenters. The number of nitrogens with zero attached hydrogens (tertiary/aromatic N) is 2. The van der Waals surface area contributed by atoms with Crippen molar-refractivity contribution >= 4 is 11.8 Å². The minimum Gasteiger partial charge on any atom is -0.497 e. The van der Waals surface area contributed by atoms with Crippen LogP contribution < -0.4 is 9.47 Å². The van der Waals surface area contributed by atoms with E-state index in [9.17, 15) is 0 Å². The Labute approximate surface area is 122 Å². The summed E-state index contributed by atoms with van der Waals surface area (Å²) >= 11 is 1.49. The van der Waals surface area contributed by atoms with Crippen molar-refractivity contribution in [3.05, 3.63) is 30.4 Å². The number of methoxy groups -OCH3 is 2. The molecule has 1 aromatic heterocycles. The lowest BCUT2D eigenvalue weighted by atomic mass is 10.2. The molecular formula is C14H16N2O3S. The summed E-state index contributed by atoms with van der Waals surface area (Å²) in [6, 6.07) is 5.45. The van der Waals surface area contributed by atoms with Gasteiger partial charge in [-0.1, -0.05) is 23.9 Å². The van der Waals surface area contributed by atoms with E-state index in [2.05, 4.69) is 10.2 Å². The van der Waals surface area contributed by atoms with Gasteiger partial charge >= 0.3 is 0 Å². The highest BCUT2D eigenvalue weighted by atomic mass is 32.2. The van der Waals surface area contributed by atoms with E-state index in [-0.39, 0.29) is 0 Å². The lowest BCUT2D eigenvalue weighted by Crippen LogP contribution is -1.88. The maximum absolute atomic E-state index is 5.61. The van der Waals surface area contributed by atoms with E-state index >= 15 is 0 Å². The Hall–Kier alpha value is -1.95. The zero-order valence-electron chi connectivity index (χ0n) is 11.6. The Kier molecular flexibility index (Phi) is 5.06. The zero-order valence-corrected chi connectivity index (χ0v) is 12.4. The molecule has 0 saturated carbocycles. The molecule has 0 aliphatic rings. The summed E-state index contributed by atoms with van der Waals surface area (Å²) in [5.41, 5.74) is 0.770. The number of benzene rings is 1. The first-order valence-electron chi connectivity index (χ1n) is 6.07. The quantitative estimate of drug-likeness (QED) is 0.600. The molecule has 2 aromatic rings. The van der Waals surface area contributed by atoms with Gasteiger partial charge in [0, 0.05) is 17.4 Å². The van der Waals surface area contributed by atoms with Crippen LogP contribution in [0.4, 0.5) is 0 Å². The van der Waals surface area contributed by atoms with Crippen LogP contribution in [-0.2, 0) is 0 Å². The molecule has 0 aliphatic heterocycles. The molecule has 0 saturated heterocycles. The Morgan fingerprint density at radius 1 is 1.15 bits per heavy atom. The second-order valence-corrected chi connectivity index (χ2v) is 4.83. The predicted molar refractivity (Wildman–Crippen MR) is 78.4 cm³/mol. The van der Waals surface area contributed by atoms with Gasteiger partial charge in [-0.15, -0.1) is 10.2 Å². The first-order chi connectivity index (χ1) is 9.76. The standard InChI is InChI=1S/C14H16N2O3S/c1-4-5-6-20-14-16-15-13(19-14)10-7-11(17-2)9-12(8-10)18-3/h4-5,7-9H,6H2,1-3H3/b5-4+. The van der Waals surface area contributed by atoms with Gasteiger partial charge in [-0.3, -0.25) is 0 Å². The maximum atomic E-state index is 5.61. The zero-order chi connectivity index (χ0) is 14.4. The van der Waals surface area contributed by atoms with Crippen LogP contribution in [0.5, 0.6) is 11.5 Å². The first kappa shape index (κ1) is 14.5. The molecule has 0 unspecified atom stereocenters. The van der Waals surface area contributed by atoms with E-state index in [4.69, 9.17) is 13.9 Å². The smallest absolute Gasteiger partial charge is 0.277 e. The van der Waals surface area contributed by atoms with Crippen LogP contribution in [0.3, 0.4) is 0 Å². The van der Waals surface area contributed by atoms with Gasteiger partial charge in [0.2, 0.25) is 5.89 Å². The molecule has 0 fully saturated rings. The maximum Gasteiger partial charge on any atom is 0.277 e. The van der Waals surface area contributed by atoms with Crippen molar-refractivity contribution < 1.29 is 13.9 Å². The number of ether oxygens (including phenoxy) is 2. The molecule has 0 N–H and O–H groups in total. The topological polar surface area (TPSA) is 57.4 Å². The average molecular weight is 292 g/mol. The third kappa shape index (κ3) is 3.54. The number of aromatic nitrogens is 2. The average Bonchev–Trinajstić information content (AvgIpc) is 2.96. The second kappa shape index (κ2) is 7.00. The van der Waals surface area contributed by atoms with Crippen molar-refractivity contribution in [2.45, 2.75) is 12.1 Å². The second-order valence-electron chi connectivity index (χ2n) is 3.85. The molecule has 0 amide bonds. The summed E-state index contributed by atoms with van der Waals surface area (Å²) in [6.45, 7) is 1.97. The van der Waals surface area contributed by atoms with E-state index < -0.39 is 0 Å². The molecule has 0 aliphatic carbocycles. The fourth-order valence-corrected chi connectivity index (χ4v) is 2.20. The summed E-state index contributed by atoms with van der Waals surface area (Å²) in [4.78, 5) is 0. The van der Waals surface area contributed by atoms with Gasteiger partial charge in [-0.05, 0) is 19.1 Å². The lowest BCUT2D eigenvalue weighted by Gasteiger charge is -2.05. The molecule has 2 rings (SSSR count). The lowest BCUT2D eigenvalue weighted by molar-refractivity contribution is 0.394. The van der Waals surface area contributed by atoms with Gasteiger partial charge in [-0.2, -0.15) is 0 Å². The first-order valence-corrected chi connectivity index (χ1v) is 7.06. The van der Waals surface area contributed by atoms with Crippen LogP contribution in [-0.4, -0.2) is 30.2 Å². The highest BCUT2D eigenvalue weighted by Gasteiger charge is 2.11. The van der Waals surface area contributed by atoms with E-state index in [0.29, 0.717) is 22.6 Å². The van der Waals surface area contributed by atoms with Gasteiger partial charge in [-0.25, -0.2) is 0 Å². The monoisotopic (exact) mass is 292 g/mol. The predicted octanol–water partition coefficient (Wildman–Crippen LogP) is 3.42. The van der Waals surface area contributed by atoms with Crippen molar-refractivity contribution in [1.82, 2.24) is 10.2 Å². The van der Waals surface area contributed by atoms with Crippen molar-refractivity contribution in [3.63, 3.8) is 0 Å². The number of rotatable bonds is 6. The van der Waals surface area contributed by atoms with Crippen LogP contribution in [0.1, 0.15) is 6.92 Å². The van der Waals surface area contributed by atoms with Crippen molar-refractivity contribution in [1.29, 1.82) is 0 Å². The molecule has 6 heteroatoms. The number of hydrogen-bond donors (Lipinski definition) is 0. The number of thioether (sulfide) groups is 1. The van der Waals surface area contributed by atoms with Gasteiger partial charge in [0.15, 0.2) is 0 Å². The molecule has 1 aromatic carbocycles. The van der Waals surface area contributed by atoms with Crippen LogP contribution in [0, 0.1) is 0 Å². The minimum atomic E-state index is 0.449. The molecule has 5 nitrogen and oxygen atoms in total. The fourth-order valence-electron chi connectivity index (χ4n) is 1.53. The van der Waals surface area contributed by atoms with Crippen LogP contribution >= 0.6 is 11.8 Å². The van der Waals surface area contributed by atoms with E-state index in [1.807, 2.05) is 31.2 Å². The SMILES string of the molecule is C/C=C/CSc1nnc(-c2cc(OC)cc(OC)c2)o1. The minimum absolute atomic E-state index is 0.449. The van der Waals surface area contributed by atoms with E-state index in [1.165, 1.54) is 11.8 Å². The van der Waals surface area contributed by atoms with Gasteiger partial charge in [0.05, 0.1) is 14.2 Å². The third-order valence-corrected chi connectivity index (χ3v) is 3.31. The third-order valence-electron chi connectivity index (χ3n) is 2.54. The van der Waals surface area contributed by atoms with Gasteiger partial charge in [0.25, 0.3) is 5.22 Å². The fraction of sp³-hybridized carbons (Fsp3) is 0.286. The highest BCUT2D eigenvalue weighted by molar-refractivity contribution is 7.99. The molecule has 0 bridgehead atoms. The Morgan fingerprint density at radius 3 is 2.45 bits per heavy atom. The van der Waals surface area contributed by atoms with Crippen molar-refractivity contribution in [3.8, 4) is 23.0 Å². The Bertz CT molecular complexity index is 574. The molecule has 106 valence electrons. The normalized spacial score (nSPS) is 10.9. The van der Waals surface area contributed by atoms with Crippen molar-refractivity contribution in [2.24, 2.45) is 0 Å². The Morgan fingerprint density at radius 2 is 1.85 bits per heavy atom. The Balaban J connectivity index is 2.22. The highest BCUT2D eigenvalue weighted by Crippen LogP contribution is 2.30. The largest absolute Gasteiger partial charge is 0.497 e. The van der Waals surface area contributed by atoms with Gasteiger partial charge < -0.3 is 13.9 Å². The molecule has 1 heterocycles. The summed E-state index contributed by atoms with van der Waals surface area (Å²) in [5.74, 6) is 2.62. The summed E-state index contributed by atoms with van der Waals surface area (Å²) < 4.78 is 16.1. The van der Waals surface area contributed by atoms with Crippen LogP contribution in [0.25, 0.3) is 11.5 Å². The summed E-state index contributed by atoms with van der Waals surface area (Å²) in [7, 11) is 3.20. The number of allylic oxidation sites excluding steroid dienone is 1. The van der Waals surface area contributed by atoms with E-state index in [0.717, 1.165) is 11.3 Å². The van der Waals surface area contributed by atoms with Crippen LogP contribution in [0.2, 0.25) is 0 Å². The molecular weight excluding hydrogens is 276 g/mol. The van der Waals surface area contributed by atoms with Gasteiger partial charge in [0.1, 0.15) is 11.5 Å². The van der Waals surface area contributed by atoms with Crippen LogP contribution in [0.15, 0.2) is 40.0 Å². The molecule has 0 spiro atoms. The molecule has 20 heavy (non-hydrogen) atoms. The van der Waals surface area contributed by atoms with E-state index in [1.54, 1.807) is 20.3 Å². The van der Waals surface area contributed by atoms with Crippen molar-refractivity contribution in [2.75, 3.05) is 20.0 Å². The summed E-state index contributed by atoms with van der Waals surface area (Å²) in [5, 5.41) is 8.59. The number of hydrogen-bond acceptors (Lipinski definition) is 6.